The van der Waals surface area contributed by atoms with Gasteiger partial charge in [0.25, 0.3) is 0 Å². The molecule has 1 aliphatic heterocycles. The Morgan fingerprint density at radius 1 is 1.14 bits per heavy atom. The molecule has 2 heterocycles. The smallest absolute Gasteiger partial charge is 0.185 e. The highest BCUT2D eigenvalue weighted by Crippen LogP contribution is 2.30. The van der Waals surface area contributed by atoms with Crippen molar-refractivity contribution in [3.63, 3.8) is 0 Å². The van der Waals surface area contributed by atoms with Crippen LogP contribution >= 0.6 is 38.9 Å². The largest absolute Gasteiger partial charge is 0.348 e. The van der Waals surface area contributed by atoms with E-state index in [0.29, 0.717) is 35.8 Å². The summed E-state index contributed by atoms with van der Waals surface area (Å²) in [4.78, 5) is 7.33. The maximum Gasteiger partial charge on any atom is 0.185 e. The molecular formula is C21H20BrClN2O2S2. The molecule has 2 aromatic carbocycles. The van der Waals surface area contributed by atoms with Crippen LogP contribution in [0, 0.1) is 0 Å². The maximum absolute atomic E-state index is 12.9. The van der Waals surface area contributed by atoms with Crippen molar-refractivity contribution in [2.45, 2.75) is 29.4 Å². The lowest BCUT2D eigenvalue weighted by Gasteiger charge is -2.31. The van der Waals surface area contributed by atoms with E-state index in [1.807, 2.05) is 12.1 Å². The van der Waals surface area contributed by atoms with Gasteiger partial charge in [0.05, 0.1) is 15.8 Å². The van der Waals surface area contributed by atoms with E-state index in [-0.39, 0.29) is 5.25 Å². The minimum absolute atomic E-state index is 0.353. The molecule has 0 saturated carbocycles. The third-order valence-electron chi connectivity index (χ3n) is 5.11. The Kier molecular flexibility index (Phi) is 6.30. The fraction of sp³-hybridized carbons (Fsp3) is 0.286. The fourth-order valence-corrected chi connectivity index (χ4v) is 6.74. The van der Waals surface area contributed by atoms with Gasteiger partial charge in [0.2, 0.25) is 0 Å². The molecule has 0 unspecified atom stereocenters. The van der Waals surface area contributed by atoms with E-state index < -0.39 is 9.84 Å². The number of rotatable bonds is 5. The molecule has 0 amide bonds. The summed E-state index contributed by atoms with van der Waals surface area (Å²) in [5.41, 5.74) is 2.25. The third-order valence-corrected chi connectivity index (χ3v) is 9.08. The van der Waals surface area contributed by atoms with Gasteiger partial charge >= 0.3 is 0 Å². The van der Waals surface area contributed by atoms with E-state index in [2.05, 4.69) is 38.3 Å². The van der Waals surface area contributed by atoms with E-state index in [1.165, 1.54) is 5.56 Å². The molecule has 0 bridgehead atoms. The van der Waals surface area contributed by atoms with E-state index in [9.17, 15) is 8.42 Å². The van der Waals surface area contributed by atoms with Crippen molar-refractivity contribution < 1.29 is 8.42 Å². The number of benzene rings is 2. The average Bonchev–Trinajstić information content (AvgIpc) is 3.17. The predicted octanol–water partition coefficient (Wildman–Crippen LogP) is 5.59. The van der Waals surface area contributed by atoms with Crippen LogP contribution in [0.25, 0.3) is 0 Å². The number of sulfone groups is 1. The zero-order valence-corrected chi connectivity index (χ0v) is 19.6. The first-order valence-corrected chi connectivity index (χ1v) is 12.9. The topological polar surface area (TPSA) is 50.3 Å². The molecule has 0 atom stereocenters. The van der Waals surface area contributed by atoms with Crippen molar-refractivity contribution in [3.05, 3.63) is 74.7 Å². The van der Waals surface area contributed by atoms with Gasteiger partial charge in [0, 0.05) is 34.4 Å². The first-order valence-electron chi connectivity index (χ1n) is 9.35. The van der Waals surface area contributed by atoms with E-state index in [0.717, 1.165) is 21.7 Å². The van der Waals surface area contributed by atoms with Gasteiger partial charge in [-0.05, 0) is 54.8 Å². The lowest BCUT2D eigenvalue weighted by molar-refractivity contribution is 0.529. The van der Waals surface area contributed by atoms with Crippen molar-refractivity contribution in [3.8, 4) is 0 Å². The summed E-state index contributed by atoms with van der Waals surface area (Å²) in [6.45, 7) is 1.39. The van der Waals surface area contributed by atoms with Crippen LogP contribution in [0.5, 0.6) is 0 Å². The van der Waals surface area contributed by atoms with Gasteiger partial charge in [-0.15, -0.1) is 11.3 Å². The number of piperidine rings is 1. The highest BCUT2D eigenvalue weighted by Gasteiger charge is 2.32. The summed E-state index contributed by atoms with van der Waals surface area (Å²) in [5, 5.41) is 3.24. The quantitative estimate of drug-likeness (QED) is 0.448. The molecule has 152 valence electrons. The van der Waals surface area contributed by atoms with E-state index in [1.54, 1.807) is 35.6 Å². The van der Waals surface area contributed by atoms with Crippen LogP contribution in [0.4, 0.5) is 5.13 Å². The predicted molar refractivity (Wildman–Crippen MR) is 123 cm³/mol. The number of anilines is 1. The van der Waals surface area contributed by atoms with Crippen molar-refractivity contribution in [1.82, 2.24) is 4.98 Å². The Morgan fingerprint density at radius 3 is 2.55 bits per heavy atom. The maximum atomic E-state index is 12.9. The van der Waals surface area contributed by atoms with Crippen molar-refractivity contribution >= 4 is 53.8 Å². The lowest BCUT2D eigenvalue weighted by atomic mass is 10.1. The summed E-state index contributed by atoms with van der Waals surface area (Å²) in [5.74, 6) is 0. The molecule has 0 aliphatic carbocycles. The van der Waals surface area contributed by atoms with E-state index in [4.69, 9.17) is 16.6 Å². The molecule has 1 aliphatic rings. The zero-order valence-electron chi connectivity index (χ0n) is 15.6. The molecule has 1 aromatic heterocycles. The highest BCUT2D eigenvalue weighted by atomic mass is 79.9. The molecule has 0 N–H and O–H groups in total. The number of nitrogens with zero attached hydrogens (tertiary/aromatic N) is 2. The Morgan fingerprint density at radius 2 is 1.86 bits per heavy atom. The number of hydrogen-bond acceptors (Lipinski definition) is 5. The van der Waals surface area contributed by atoms with Gasteiger partial charge < -0.3 is 4.90 Å². The zero-order chi connectivity index (χ0) is 20.4. The van der Waals surface area contributed by atoms with Crippen molar-refractivity contribution in [2.24, 2.45) is 0 Å². The van der Waals surface area contributed by atoms with Crippen LogP contribution in [0.2, 0.25) is 5.02 Å². The number of hydrogen-bond donors (Lipinski definition) is 0. The van der Waals surface area contributed by atoms with Crippen LogP contribution in [0.3, 0.4) is 0 Å². The Balaban J connectivity index is 1.40. The van der Waals surface area contributed by atoms with Gasteiger partial charge in [0.15, 0.2) is 15.0 Å². The number of halogens is 2. The highest BCUT2D eigenvalue weighted by molar-refractivity contribution is 9.10. The first kappa shape index (κ1) is 20.8. The van der Waals surface area contributed by atoms with Crippen molar-refractivity contribution in [2.75, 3.05) is 18.0 Å². The van der Waals surface area contributed by atoms with Gasteiger partial charge in [-0.3, -0.25) is 0 Å². The Hall–Kier alpha value is -1.41. The average molecular weight is 512 g/mol. The molecular weight excluding hydrogens is 492 g/mol. The summed E-state index contributed by atoms with van der Waals surface area (Å²) >= 11 is 11.0. The summed E-state index contributed by atoms with van der Waals surface area (Å²) in [6, 6.07) is 14.7. The van der Waals surface area contributed by atoms with E-state index >= 15 is 0 Å². The van der Waals surface area contributed by atoms with Crippen LogP contribution in [-0.2, 0) is 16.3 Å². The third kappa shape index (κ3) is 4.85. The normalized spacial score (nSPS) is 15.6. The molecule has 3 aromatic rings. The monoisotopic (exact) mass is 510 g/mol. The van der Waals surface area contributed by atoms with Crippen molar-refractivity contribution in [1.29, 1.82) is 0 Å². The molecule has 1 fully saturated rings. The molecule has 29 heavy (non-hydrogen) atoms. The minimum atomic E-state index is -3.33. The van der Waals surface area contributed by atoms with Gasteiger partial charge in [0.1, 0.15) is 0 Å². The second kappa shape index (κ2) is 8.76. The summed E-state index contributed by atoms with van der Waals surface area (Å²) in [7, 11) is -3.33. The van der Waals surface area contributed by atoms with Crippen LogP contribution in [0.15, 0.2) is 63.3 Å². The van der Waals surface area contributed by atoms with Gasteiger partial charge in [-0.2, -0.15) is 0 Å². The standard InChI is InChI=1S/C21H20BrClN2O2S2/c22-16-3-1-2-15(12-16)13-18-14-28-21(24-18)25-10-8-20(9-11-25)29(26,27)19-6-4-17(23)5-7-19/h1-7,12,14,20H,8-11,13H2. The second-order valence-electron chi connectivity index (χ2n) is 7.11. The van der Waals surface area contributed by atoms with Crippen LogP contribution < -0.4 is 4.90 Å². The summed E-state index contributed by atoms with van der Waals surface area (Å²) < 4.78 is 26.9. The molecule has 0 spiro atoms. The SMILES string of the molecule is O=S(=O)(c1ccc(Cl)cc1)C1CCN(c2nc(Cc3cccc(Br)c3)cs2)CC1. The Labute approximate surface area is 188 Å². The Bertz CT molecular complexity index is 1090. The molecule has 4 nitrogen and oxygen atoms in total. The lowest BCUT2D eigenvalue weighted by Crippen LogP contribution is -2.39. The first-order chi connectivity index (χ1) is 13.9. The molecule has 0 radical (unpaired) electrons. The molecule has 8 heteroatoms. The summed E-state index contributed by atoms with van der Waals surface area (Å²) in [6.07, 6.45) is 1.99. The van der Waals surface area contributed by atoms with Gasteiger partial charge in [-0.1, -0.05) is 39.7 Å². The number of thiazole rings is 1. The molecule has 1 saturated heterocycles. The molecule has 4 rings (SSSR count). The van der Waals surface area contributed by atoms with Crippen LogP contribution in [-0.4, -0.2) is 31.7 Å². The van der Waals surface area contributed by atoms with Crippen LogP contribution in [0.1, 0.15) is 24.1 Å². The number of aromatic nitrogens is 1. The van der Waals surface area contributed by atoms with Gasteiger partial charge in [-0.25, -0.2) is 13.4 Å². The fourth-order valence-electron chi connectivity index (χ4n) is 3.55. The second-order valence-corrected chi connectivity index (χ2v) is 11.5. The minimum Gasteiger partial charge on any atom is -0.348 e.